The van der Waals surface area contributed by atoms with Crippen molar-refractivity contribution in [3.8, 4) is 11.9 Å². The number of rotatable bonds is 8. The number of carbonyl (C=O) groups is 1. The topological polar surface area (TPSA) is 90.8 Å². The van der Waals surface area contributed by atoms with Gasteiger partial charge in [0.1, 0.15) is 11.6 Å². The Kier molecular flexibility index (Phi) is 6.45. The Morgan fingerprint density at radius 2 is 1.52 bits per heavy atom. The molecule has 2 aromatic carbocycles. The maximum absolute atomic E-state index is 13.6. The van der Waals surface area contributed by atoms with Gasteiger partial charge in [-0.15, -0.1) is 0 Å². The number of benzene rings is 2. The number of carboxylic acid groups (broad SMARTS) is 1. The van der Waals surface area contributed by atoms with Gasteiger partial charge in [-0.2, -0.15) is 4.98 Å². The third-order valence-electron chi connectivity index (χ3n) is 4.78. The quantitative estimate of drug-likeness (QED) is 0.585. The fourth-order valence-electron chi connectivity index (χ4n) is 3.29. The number of hydrogen-bond acceptors (Lipinski definition) is 6. The molecule has 0 saturated carbocycles. The average Bonchev–Trinajstić information content (AvgIpc) is 2.76. The van der Waals surface area contributed by atoms with Crippen molar-refractivity contribution in [1.82, 2.24) is 9.97 Å². The van der Waals surface area contributed by atoms with E-state index in [9.17, 15) is 18.7 Å². The Labute approximate surface area is 177 Å². The van der Waals surface area contributed by atoms with Crippen LogP contribution in [0.1, 0.15) is 16.7 Å². The molecule has 0 saturated heterocycles. The summed E-state index contributed by atoms with van der Waals surface area (Å²) in [5, 5.41) is 10.1. The maximum Gasteiger partial charge on any atom is 0.348 e. The molecule has 0 aliphatic heterocycles. The van der Waals surface area contributed by atoms with E-state index in [0.717, 1.165) is 24.3 Å². The lowest BCUT2D eigenvalue weighted by atomic mass is 9.81. The number of ether oxygens (including phenoxy) is 3. The first-order valence-corrected chi connectivity index (χ1v) is 9.16. The molecule has 7 nitrogen and oxygen atoms in total. The first-order valence-electron chi connectivity index (χ1n) is 9.16. The summed E-state index contributed by atoms with van der Waals surface area (Å²) in [4.78, 5) is 20.5. The van der Waals surface area contributed by atoms with Crippen molar-refractivity contribution < 1.29 is 32.9 Å². The second kappa shape index (κ2) is 9.05. The molecule has 0 spiro atoms. The van der Waals surface area contributed by atoms with Crippen LogP contribution in [0.3, 0.4) is 0 Å². The normalized spacial score (nSPS) is 12.3. The van der Waals surface area contributed by atoms with Gasteiger partial charge in [0, 0.05) is 18.9 Å². The predicted octanol–water partition coefficient (Wildman–Crippen LogP) is 3.49. The van der Waals surface area contributed by atoms with E-state index in [1.54, 1.807) is 6.92 Å². The van der Waals surface area contributed by atoms with Gasteiger partial charge in [-0.1, -0.05) is 24.3 Å². The van der Waals surface area contributed by atoms with E-state index in [1.165, 1.54) is 44.7 Å². The van der Waals surface area contributed by atoms with E-state index in [1.807, 2.05) is 0 Å². The molecule has 1 atom stereocenters. The summed E-state index contributed by atoms with van der Waals surface area (Å²) in [6, 6.07) is 9.88. The fraction of sp³-hybridized carbons (Fsp3) is 0.227. The summed E-state index contributed by atoms with van der Waals surface area (Å²) in [6.45, 7) is 1.72. The fourth-order valence-corrected chi connectivity index (χ4v) is 3.29. The molecule has 0 amide bonds. The van der Waals surface area contributed by atoms with Gasteiger partial charge in [0.2, 0.25) is 12.0 Å². The van der Waals surface area contributed by atoms with Crippen LogP contribution in [0, 0.1) is 18.6 Å². The molecule has 1 heterocycles. The molecule has 3 aromatic rings. The molecule has 0 bridgehead atoms. The minimum absolute atomic E-state index is 0.209. The van der Waals surface area contributed by atoms with Gasteiger partial charge >= 0.3 is 12.0 Å². The zero-order valence-electron chi connectivity index (χ0n) is 17.0. The summed E-state index contributed by atoms with van der Waals surface area (Å²) in [7, 11) is 2.69. The van der Waals surface area contributed by atoms with Crippen LogP contribution in [0.15, 0.2) is 54.7 Å². The lowest BCUT2D eigenvalue weighted by molar-refractivity contribution is -0.160. The Bertz CT molecular complexity index is 1010. The monoisotopic (exact) mass is 430 g/mol. The van der Waals surface area contributed by atoms with E-state index < -0.39 is 29.3 Å². The SMILES string of the molecule is COc1nc(OC(C(=O)O)C(OC)(c2ccc(F)cc2)c2ccc(F)cc2)ncc1C. The van der Waals surface area contributed by atoms with Crippen molar-refractivity contribution in [3.05, 3.63) is 83.1 Å². The Morgan fingerprint density at radius 1 is 1.00 bits per heavy atom. The summed E-state index contributed by atoms with van der Waals surface area (Å²) in [5.41, 5.74) is -0.616. The number of methoxy groups -OCH3 is 2. The molecule has 0 aliphatic carbocycles. The molecular formula is C22H20F2N2O5. The molecule has 0 aliphatic rings. The van der Waals surface area contributed by atoms with Crippen LogP contribution in [-0.2, 0) is 15.1 Å². The highest BCUT2D eigenvalue weighted by molar-refractivity contribution is 5.76. The van der Waals surface area contributed by atoms with Gasteiger partial charge in [0.05, 0.1) is 7.11 Å². The number of carboxylic acids is 1. The minimum Gasteiger partial charge on any atom is -0.481 e. The van der Waals surface area contributed by atoms with Crippen LogP contribution in [0.5, 0.6) is 11.9 Å². The molecule has 1 N–H and O–H groups in total. The van der Waals surface area contributed by atoms with Gasteiger partial charge in [-0.3, -0.25) is 0 Å². The maximum atomic E-state index is 13.6. The number of aromatic nitrogens is 2. The lowest BCUT2D eigenvalue weighted by Gasteiger charge is -2.37. The summed E-state index contributed by atoms with van der Waals surface area (Å²) >= 11 is 0. The van der Waals surface area contributed by atoms with Gasteiger partial charge in [-0.25, -0.2) is 18.6 Å². The van der Waals surface area contributed by atoms with Gasteiger partial charge in [-0.05, 0) is 42.3 Å². The van der Waals surface area contributed by atoms with Crippen LogP contribution < -0.4 is 9.47 Å². The number of halogens is 2. The Morgan fingerprint density at radius 3 is 1.94 bits per heavy atom. The molecule has 1 aromatic heterocycles. The molecule has 162 valence electrons. The Hall–Kier alpha value is -3.59. The predicted molar refractivity (Wildman–Crippen MR) is 106 cm³/mol. The third-order valence-corrected chi connectivity index (χ3v) is 4.78. The van der Waals surface area contributed by atoms with Gasteiger partial charge in [0.15, 0.2) is 5.60 Å². The number of hydrogen-bond donors (Lipinski definition) is 1. The van der Waals surface area contributed by atoms with Crippen LogP contribution in [0.25, 0.3) is 0 Å². The molecule has 9 heteroatoms. The highest BCUT2D eigenvalue weighted by Crippen LogP contribution is 2.39. The summed E-state index contributed by atoms with van der Waals surface area (Å²) < 4.78 is 43.7. The van der Waals surface area contributed by atoms with Crippen LogP contribution in [-0.4, -0.2) is 41.4 Å². The standard InChI is InChI=1S/C22H20F2N2O5/c1-13-12-25-21(26-19(13)29-2)31-18(20(27)28)22(30-3,14-4-8-16(23)9-5-14)15-6-10-17(24)11-7-15/h4-12,18H,1-3H3,(H,27,28). The molecule has 0 fully saturated rings. The summed E-state index contributed by atoms with van der Waals surface area (Å²) in [6.07, 6.45) is -0.300. The van der Waals surface area contributed by atoms with Crippen molar-refractivity contribution in [2.75, 3.05) is 14.2 Å². The molecule has 1 unspecified atom stereocenters. The second-order valence-electron chi connectivity index (χ2n) is 6.63. The first kappa shape index (κ1) is 22.1. The van der Waals surface area contributed by atoms with Crippen molar-refractivity contribution in [2.24, 2.45) is 0 Å². The second-order valence-corrected chi connectivity index (χ2v) is 6.63. The van der Waals surface area contributed by atoms with E-state index in [0.29, 0.717) is 5.56 Å². The van der Waals surface area contributed by atoms with Crippen molar-refractivity contribution in [1.29, 1.82) is 0 Å². The smallest absolute Gasteiger partial charge is 0.348 e. The zero-order valence-corrected chi connectivity index (χ0v) is 17.0. The minimum atomic E-state index is -1.78. The Balaban J connectivity index is 2.20. The van der Waals surface area contributed by atoms with Crippen molar-refractivity contribution >= 4 is 5.97 Å². The average molecular weight is 430 g/mol. The molecular weight excluding hydrogens is 410 g/mol. The highest BCUT2D eigenvalue weighted by atomic mass is 19.1. The van der Waals surface area contributed by atoms with Gasteiger partial charge in [0.25, 0.3) is 0 Å². The molecule has 0 radical (unpaired) electrons. The zero-order chi connectivity index (χ0) is 22.6. The molecule has 31 heavy (non-hydrogen) atoms. The van der Waals surface area contributed by atoms with E-state index in [2.05, 4.69) is 9.97 Å². The van der Waals surface area contributed by atoms with E-state index in [4.69, 9.17) is 14.2 Å². The molecule has 3 rings (SSSR count). The van der Waals surface area contributed by atoms with Crippen LogP contribution in [0.2, 0.25) is 0 Å². The largest absolute Gasteiger partial charge is 0.481 e. The van der Waals surface area contributed by atoms with Crippen molar-refractivity contribution in [2.45, 2.75) is 18.6 Å². The first-order chi connectivity index (χ1) is 14.8. The number of nitrogens with zero attached hydrogens (tertiary/aromatic N) is 2. The number of aliphatic carboxylic acids is 1. The van der Waals surface area contributed by atoms with Crippen LogP contribution in [0.4, 0.5) is 8.78 Å². The lowest BCUT2D eigenvalue weighted by Crippen LogP contribution is -2.50. The number of aryl methyl sites for hydroxylation is 1. The van der Waals surface area contributed by atoms with Crippen molar-refractivity contribution in [3.63, 3.8) is 0 Å². The summed E-state index contributed by atoms with van der Waals surface area (Å²) in [5.74, 6) is -2.24. The third kappa shape index (κ3) is 4.31. The van der Waals surface area contributed by atoms with E-state index in [-0.39, 0.29) is 23.0 Å². The van der Waals surface area contributed by atoms with E-state index >= 15 is 0 Å². The highest BCUT2D eigenvalue weighted by Gasteiger charge is 2.49. The van der Waals surface area contributed by atoms with Crippen LogP contribution >= 0.6 is 0 Å². The van der Waals surface area contributed by atoms with Gasteiger partial charge < -0.3 is 19.3 Å².